The molecule has 0 radical (unpaired) electrons. The van der Waals surface area contributed by atoms with Crippen LogP contribution in [0.15, 0.2) is 23.1 Å². The highest BCUT2D eigenvalue weighted by molar-refractivity contribution is 8.00. The number of aldehydes is 1. The Morgan fingerprint density at radius 3 is 2.71 bits per heavy atom. The van der Waals surface area contributed by atoms with Gasteiger partial charge in [-0.15, -0.1) is 11.8 Å². The number of hydrogen-bond donors (Lipinski definition) is 0. The van der Waals surface area contributed by atoms with E-state index < -0.39 is 0 Å². The normalized spacial score (nSPS) is 9.86. The van der Waals surface area contributed by atoms with Crippen molar-refractivity contribution in [1.82, 2.24) is 0 Å². The summed E-state index contributed by atoms with van der Waals surface area (Å²) in [4.78, 5) is 11.4. The minimum atomic E-state index is 0.434. The highest BCUT2D eigenvalue weighted by atomic mass is 32.2. The summed E-state index contributed by atoms with van der Waals surface area (Å²) in [6.45, 7) is 4.14. The van der Waals surface area contributed by atoms with Crippen molar-refractivity contribution in [3.63, 3.8) is 0 Å². The van der Waals surface area contributed by atoms with Gasteiger partial charge in [0.2, 0.25) is 0 Å². The minimum absolute atomic E-state index is 0.434. The molecule has 1 aromatic carbocycles. The van der Waals surface area contributed by atoms with E-state index in [0.29, 0.717) is 16.4 Å². The van der Waals surface area contributed by atoms with E-state index >= 15 is 0 Å². The van der Waals surface area contributed by atoms with Crippen LogP contribution < -0.4 is 0 Å². The zero-order valence-corrected chi connectivity index (χ0v) is 8.97. The van der Waals surface area contributed by atoms with Gasteiger partial charge in [0.1, 0.15) is 12.4 Å². The average molecular weight is 205 g/mol. The molecule has 0 aliphatic rings. The molecule has 1 aromatic rings. The van der Waals surface area contributed by atoms with Crippen molar-refractivity contribution >= 4 is 18.0 Å². The van der Waals surface area contributed by atoms with Gasteiger partial charge in [-0.3, -0.25) is 4.79 Å². The monoisotopic (exact) mass is 205 g/mol. The van der Waals surface area contributed by atoms with Crippen LogP contribution in [0.25, 0.3) is 0 Å². The van der Waals surface area contributed by atoms with Crippen molar-refractivity contribution in [3.8, 4) is 6.07 Å². The molecule has 0 spiro atoms. The van der Waals surface area contributed by atoms with Crippen LogP contribution in [-0.4, -0.2) is 11.5 Å². The van der Waals surface area contributed by atoms with Gasteiger partial charge in [0.15, 0.2) is 0 Å². The van der Waals surface area contributed by atoms with Crippen LogP contribution in [0.3, 0.4) is 0 Å². The quantitative estimate of drug-likeness (QED) is 0.562. The Kier molecular flexibility index (Phi) is 3.73. The van der Waals surface area contributed by atoms with Crippen molar-refractivity contribution in [1.29, 1.82) is 5.26 Å². The summed E-state index contributed by atoms with van der Waals surface area (Å²) in [5.74, 6) is 0. The van der Waals surface area contributed by atoms with Crippen LogP contribution in [0.2, 0.25) is 0 Å². The first-order valence-corrected chi connectivity index (χ1v) is 5.21. The van der Waals surface area contributed by atoms with Crippen molar-refractivity contribution in [2.24, 2.45) is 0 Å². The number of nitrogens with zero attached hydrogens (tertiary/aromatic N) is 1. The standard InChI is InChI=1S/C11H11NOS/c1-8(2)14-11-4-3-9(7-13)5-10(11)6-12/h3-5,7-8H,1-2H3. The fraction of sp³-hybridized carbons (Fsp3) is 0.273. The SMILES string of the molecule is CC(C)Sc1ccc(C=O)cc1C#N. The first kappa shape index (κ1) is 10.8. The zero-order valence-electron chi connectivity index (χ0n) is 8.15. The van der Waals surface area contributed by atoms with Gasteiger partial charge in [0.25, 0.3) is 0 Å². The van der Waals surface area contributed by atoms with Crippen LogP contribution in [0.1, 0.15) is 29.8 Å². The van der Waals surface area contributed by atoms with Crippen LogP contribution in [0.5, 0.6) is 0 Å². The van der Waals surface area contributed by atoms with Gasteiger partial charge in [-0.1, -0.05) is 19.9 Å². The number of benzene rings is 1. The third-order valence-electron chi connectivity index (χ3n) is 1.62. The van der Waals surface area contributed by atoms with Crippen molar-refractivity contribution in [2.75, 3.05) is 0 Å². The molecule has 0 heterocycles. The highest BCUT2D eigenvalue weighted by Crippen LogP contribution is 2.26. The smallest absolute Gasteiger partial charge is 0.150 e. The summed E-state index contributed by atoms with van der Waals surface area (Å²) in [6.07, 6.45) is 0.755. The van der Waals surface area contributed by atoms with E-state index in [9.17, 15) is 4.79 Å². The number of hydrogen-bond acceptors (Lipinski definition) is 3. The molecule has 0 bridgehead atoms. The third-order valence-corrected chi connectivity index (χ3v) is 2.70. The van der Waals surface area contributed by atoms with Gasteiger partial charge in [0, 0.05) is 15.7 Å². The molecule has 0 N–H and O–H groups in total. The van der Waals surface area contributed by atoms with Gasteiger partial charge in [-0.25, -0.2) is 0 Å². The fourth-order valence-corrected chi connectivity index (χ4v) is 1.95. The van der Waals surface area contributed by atoms with E-state index in [1.165, 1.54) is 0 Å². The van der Waals surface area contributed by atoms with E-state index in [2.05, 4.69) is 19.9 Å². The second-order valence-electron chi connectivity index (χ2n) is 3.15. The van der Waals surface area contributed by atoms with Crippen LogP contribution in [0.4, 0.5) is 0 Å². The fourth-order valence-electron chi connectivity index (χ4n) is 1.06. The molecule has 0 atom stereocenters. The Morgan fingerprint density at radius 2 is 2.21 bits per heavy atom. The van der Waals surface area contributed by atoms with Crippen LogP contribution in [-0.2, 0) is 0 Å². The lowest BCUT2D eigenvalue weighted by Crippen LogP contribution is -1.91. The number of rotatable bonds is 3. The summed E-state index contributed by atoms with van der Waals surface area (Å²) in [6, 6.07) is 7.28. The first-order chi connectivity index (χ1) is 6.67. The van der Waals surface area contributed by atoms with Crippen molar-refractivity contribution in [3.05, 3.63) is 29.3 Å². The number of nitriles is 1. The Hall–Kier alpha value is -1.27. The van der Waals surface area contributed by atoms with Gasteiger partial charge in [-0.2, -0.15) is 5.26 Å². The first-order valence-electron chi connectivity index (χ1n) is 4.33. The van der Waals surface area contributed by atoms with E-state index in [1.807, 2.05) is 6.07 Å². The summed E-state index contributed by atoms with van der Waals surface area (Å²) >= 11 is 1.63. The van der Waals surface area contributed by atoms with E-state index in [4.69, 9.17) is 5.26 Å². The molecule has 0 amide bonds. The minimum Gasteiger partial charge on any atom is -0.298 e. The molecular formula is C11H11NOS. The lowest BCUT2D eigenvalue weighted by atomic mass is 10.1. The number of thioether (sulfide) groups is 1. The maximum absolute atomic E-state index is 10.5. The molecule has 0 unspecified atom stereocenters. The molecule has 1 rings (SSSR count). The summed E-state index contributed by atoms with van der Waals surface area (Å²) in [5, 5.41) is 9.31. The number of carbonyl (C=O) groups excluding carboxylic acids is 1. The molecule has 3 heteroatoms. The lowest BCUT2D eigenvalue weighted by molar-refractivity contribution is 0.112. The lowest BCUT2D eigenvalue weighted by Gasteiger charge is -2.06. The molecule has 0 aliphatic heterocycles. The van der Waals surface area contributed by atoms with Gasteiger partial charge in [-0.05, 0) is 12.1 Å². The van der Waals surface area contributed by atoms with Gasteiger partial charge >= 0.3 is 0 Å². The van der Waals surface area contributed by atoms with Gasteiger partial charge in [0.05, 0.1) is 5.56 Å². The molecule has 2 nitrogen and oxygen atoms in total. The molecule has 0 saturated carbocycles. The predicted octanol–water partition coefficient (Wildman–Crippen LogP) is 2.87. The summed E-state index contributed by atoms with van der Waals surface area (Å²) < 4.78 is 0. The van der Waals surface area contributed by atoms with Crippen LogP contribution >= 0.6 is 11.8 Å². The zero-order chi connectivity index (χ0) is 10.6. The van der Waals surface area contributed by atoms with Crippen LogP contribution in [0, 0.1) is 11.3 Å². The highest BCUT2D eigenvalue weighted by Gasteiger charge is 2.05. The van der Waals surface area contributed by atoms with E-state index in [-0.39, 0.29) is 0 Å². The Balaban J connectivity index is 3.06. The van der Waals surface area contributed by atoms with Crippen molar-refractivity contribution in [2.45, 2.75) is 24.0 Å². The predicted molar refractivity (Wildman–Crippen MR) is 57.5 cm³/mol. The third kappa shape index (κ3) is 2.61. The maximum atomic E-state index is 10.5. The van der Waals surface area contributed by atoms with Gasteiger partial charge < -0.3 is 0 Å². The molecule has 0 fully saturated rings. The second-order valence-corrected chi connectivity index (χ2v) is 4.77. The average Bonchev–Trinajstić information content (AvgIpc) is 2.17. The molecule has 0 aromatic heterocycles. The largest absolute Gasteiger partial charge is 0.298 e. The Bertz CT molecular complexity index is 379. The second kappa shape index (κ2) is 4.83. The van der Waals surface area contributed by atoms with Crippen molar-refractivity contribution < 1.29 is 4.79 Å². The van der Waals surface area contributed by atoms with E-state index in [1.54, 1.807) is 23.9 Å². The molecule has 14 heavy (non-hydrogen) atoms. The summed E-state index contributed by atoms with van der Waals surface area (Å²) in [7, 11) is 0. The Labute approximate surface area is 87.9 Å². The Morgan fingerprint density at radius 1 is 1.50 bits per heavy atom. The topological polar surface area (TPSA) is 40.9 Å². The molecule has 0 saturated heterocycles. The number of carbonyl (C=O) groups is 1. The maximum Gasteiger partial charge on any atom is 0.150 e. The summed E-state index contributed by atoms with van der Waals surface area (Å²) in [5.41, 5.74) is 1.13. The molecule has 0 aliphatic carbocycles. The van der Waals surface area contributed by atoms with E-state index in [0.717, 1.165) is 11.2 Å². The molecule has 72 valence electrons. The molecular weight excluding hydrogens is 194 g/mol.